The van der Waals surface area contributed by atoms with Crippen LogP contribution >= 0.6 is 0 Å². The third-order valence-corrected chi connectivity index (χ3v) is 12.0. The molecule has 12 nitrogen and oxygen atoms in total. The van der Waals surface area contributed by atoms with Crippen molar-refractivity contribution < 1.29 is 51.8 Å². The van der Waals surface area contributed by atoms with Gasteiger partial charge in [-0.3, -0.25) is 9.35 Å². The molecule has 0 saturated carbocycles. The summed E-state index contributed by atoms with van der Waals surface area (Å²) in [5, 5.41) is 44.7. The second-order valence-electron chi connectivity index (χ2n) is 17.0. The molecule has 7 unspecified atom stereocenters. The Morgan fingerprint density at radius 1 is 0.661 bits per heavy atom. The normalized spacial score (nSPS) is 21.0. The van der Waals surface area contributed by atoms with Crippen molar-refractivity contribution in [3.8, 4) is 0 Å². The molecule has 0 aromatic rings. The average Bonchev–Trinajstić information content (AvgIpc) is 3.20. The summed E-state index contributed by atoms with van der Waals surface area (Å²) in [4.78, 5) is 13.0. The number of unbranched alkanes of at least 4 members (excludes halogenated alkanes) is 27. The molecule has 0 aliphatic carbocycles. The first-order valence-corrected chi connectivity index (χ1v) is 25.4. The van der Waals surface area contributed by atoms with Crippen molar-refractivity contribution in [2.24, 2.45) is 0 Å². The summed E-state index contributed by atoms with van der Waals surface area (Å²) >= 11 is 0. The van der Waals surface area contributed by atoms with Crippen molar-refractivity contribution in [2.45, 2.75) is 262 Å². The molecule has 59 heavy (non-hydrogen) atoms. The van der Waals surface area contributed by atoms with Crippen molar-refractivity contribution in [1.82, 2.24) is 5.32 Å². The zero-order valence-corrected chi connectivity index (χ0v) is 38.1. The average molecular weight is 864 g/mol. The molecule has 0 spiro atoms. The number of aliphatic hydroxyl groups excluding tert-OH is 4. The number of rotatable bonds is 41. The van der Waals surface area contributed by atoms with E-state index in [-0.39, 0.29) is 18.9 Å². The molecular formula is C46H89NO11S. The number of aliphatic hydroxyl groups is 4. The Morgan fingerprint density at radius 3 is 1.53 bits per heavy atom. The number of nitrogens with one attached hydrogen (secondary N) is 1. The Bertz CT molecular complexity index is 1110. The van der Waals surface area contributed by atoms with Crippen molar-refractivity contribution >= 4 is 16.3 Å². The third-order valence-electron chi connectivity index (χ3n) is 11.6. The van der Waals surface area contributed by atoms with E-state index in [9.17, 15) is 33.6 Å². The van der Waals surface area contributed by atoms with Crippen molar-refractivity contribution in [3.63, 3.8) is 0 Å². The Kier molecular flexibility index (Phi) is 35.4. The highest BCUT2D eigenvalue weighted by atomic mass is 32.3. The first-order valence-electron chi connectivity index (χ1n) is 24.1. The van der Waals surface area contributed by atoms with Gasteiger partial charge in [0.05, 0.1) is 25.4 Å². The summed E-state index contributed by atoms with van der Waals surface area (Å²) in [6, 6.07) is -0.855. The Morgan fingerprint density at radius 2 is 1.08 bits per heavy atom. The maximum Gasteiger partial charge on any atom is 0.397 e. The lowest BCUT2D eigenvalue weighted by Gasteiger charge is -2.41. The molecule has 1 rings (SSSR count). The van der Waals surface area contributed by atoms with Crippen LogP contribution in [0, 0.1) is 0 Å². The lowest BCUT2D eigenvalue weighted by Crippen LogP contribution is -2.61. The maximum atomic E-state index is 13.0. The lowest BCUT2D eigenvalue weighted by atomic mass is 9.99. The standard InChI is InChI=1S/C46H89NO11S/c1-3-5-7-9-11-13-14-15-16-17-18-19-20-21-22-23-24-25-26-28-30-32-34-36-42(50)47-39(40(49)35-33-31-29-27-12-10-8-6-4-2)38-56-46-44(52)45(58-59(53,54)55)43(51)41(37-48)57-46/h21-22,39-41,43-46,48-49,51-52H,3-20,23-38H2,1-2H3,(H,47,50)(H,53,54,55)/b22-21-. The lowest BCUT2D eigenvalue weighted by molar-refractivity contribution is -0.298. The van der Waals surface area contributed by atoms with Gasteiger partial charge in [-0.1, -0.05) is 187 Å². The van der Waals surface area contributed by atoms with Gasteiger partial charge in [0, 0.05) is 6.42 Å². The van der Waals surface area contributed by atoms with Gasteiger partial charge in [0.2, 0.25) is 5.91 Å². The van der Waals surface area contributed by atoms with Crippen LogP contribution in [0.25, 0.3) is 0 Å². The highest BCUT2D eigenvalue weighted by Crippen LogP contribution is 2.26. The molecule has 1 fully saturated rings. The molecule has 0 radical (unpaired) electrons. The molecule has 0 bridgehead atoms. The van der Waals surface area contributed by atoms with Gasteiger partial charge in [-0.05, 0) is 38.5 Å². The SMILES string of the molecule is CCCCCCCCCCCCCC/C=C\CCCCCCCCCC(=O)NC(COC1OC(CO)C(O)C(OS(=O)(=O)O)C1O)C(O)CCCCCCCCCCC. The van der Waals surface area contributed by atoms with E-state index in [2.05, 4.69) is 35.5 Å². The van der Waals surface area contributed by atoms with Crippen LogP contribution in [0.5, 0.6) is 0 Å². The molecule has 1 aliphatic rings. The number of ether oxygens (including phenoxy) is 2. The Hall–Kier alpha value is -1.16. The molecule has 0 aromatic carbocycles. The second kappa shape index (κ2) is 37.4. The summed E-state index contributed by atoms with van der Waals surface area (Å²) in [6.45, 7) is 3.42. The van der Waals surface area contributed by atoms with Gasteiger partial charge in [0.1, 0.15) is 24.4 Å². The number of amides is 1. The van der Waals surface area contributed by atoms with Crippen molar-refractivity contribution in [2.75, 3.05) is 13.2 Å². The van der Waals surface area contributed by atoms with E-state index in [1.165, 1.54) is 135 Å². The predicted molar refractivity (Wildman–Crippen MR) is 236 cm³/mol. The molecule has 7 atom stereocenters. The van der Waals surface area contributed by atoms with Crippen LogP contribution in [-0.4, -0.2) is 95.4 Å². The van der Waals surface area contributed by atoms with Gasteiger partial charge in [0.25, 0.3) is 0 Å². The Balaban J connectivity index is 2.36. The van der Waals surface area contributed by atoms with Crippen LogP contribution in [0.1, 0.15) is 219 Å². The number of carbonyl (C=O) groups is 1. The highest BCUT2D eigenvalue weighted by Gasteiger charge is 2.48. The van der Waals surface area contributed by atoms with Crippen LogP contribution in [0.15, 0.2) is 12.2 Å². The minimum absolute atomic E-state index is 0.235. The van der Waals surface area contributed by atoms with Crippen LogP contribution < -0.4 is 5.32 Å². The predicted octanol–water partition coefficient (Wildman–Crippen LogP) is 9.55. The molecule has 350 valence electrons. The van der Waals surface area contributed by atoms with E-state index in [0.29, 0.717) is 12.8 Å². The molecule has 1 heterocycles. The van der Waals surface area contributed by atoms with Gasteiger partial charge in [-0.2, -0.15) is 8.42 Å². The van der Waals surface area contributed by atoms with Gasteiger partial charge in [0.15, 0.2) is 6.29 Å². The molecule has 13 heteroatoms. The van der Waals surface area contributed by atoms with Gasteiger partial charge >= 0.3 is 10.4 Å². The number of allylic oxidation sites excluding steroid dienone is 2. The van der Waals surface area contributed by atoms with E-state index in [1.807, 2.05) is 0 Å². The molecule has 1 amide bonds. The van der Waals surface area contributed by atoms with Crippen molar-refractivity contribution in [3.05, 3.63) is 12.2 Å². The summed E-state index contributed by atoms with van der Waals surface area (Å²) in [5.41, 5.74) is 0. The largest absolute Gasteiger partial charge is 0.397 e. The number of hydrogen-bond donors (Lipinski definition) is 6. The van der Waals surface area contributed by atoms with Crippen LogP contribution in [0.3, 0.4) is 0 Å². The molecule has 1 saturated heterocycles. The number of hydrogen-bond acceptors (Lipinski definition) is 10. The molecule has 6 N–H and O–H groups in total. The first kappa shape index (κ1) is 55.9. The minimum atomic E-state index is -5.07. The number of carbonyl (C=O) groups excluding carboxylic acids is 1. The molecule has 1 aliphatic heterocycles. The van der Waals surface area contributed by atoms with E-state index >= 15 is 0 Å². The van der Waals surface area contributed by atoms with E-state index in [0.717, 1.165) is 51.4 Å². The molecule has 0 aromatic heterocycles. The van der Waals surface area contributed by atoms with Crippen LogP contribution in [-0.2, 0) is 28.9 Å². The van der Waals surface area contributed by atoms with Gasteiger partial charge in [-0.15, -0.1) is 0 Å². The maximum absolute atomic E-state index is 13.0. The van der Waals surface area contributed by atoms with Gasteiger partial charge < -0.3 is 35.2 Å². The summed E-state index contributed by atoms with van der Waals surface area (Å²) in [7, 11) is -5.07. The fraction of sp³-hybridized carbons (Fsp3) is 0.935. The Labute approximate surface area is 360 Å². The summed E-state index contributed by atoms with van der Waals surface area (Å²) in [5.74, 6) is -0.235. The zero-order chi connectivity index (χ0) is 43.4. The minimum Gasteiger partial charge on any atom is -0.394 e. The topological polar surface area (TPSA) is 192 Å². The van der Waals surface area contributed by atoms with Crippen molar-refractivity contribution in [1.29, 1.82) is 0 Å². The van der Waals surface area contributed by atoms with E-state index < -0.39 is 59.9 Å². The van der Waals surface area contributed by atoms with Crippen LogP contribution in [0.2, 0.25) is 0 Å². The first-order chi connectivity index (χ1) is 28.5. The fourth-order valence-corrected chi connectivity index (χ4v) is 8.32. The summed E-state index contributed by atoms with van der Waals surface area (Å²) < 4.78 is 47.6. The van der Waals surface area contributed by atoms with E-state index in [1.54, 1.807) is 0 Å². The fourth-order valence-electron chi connectivity index (χ4n) is 7.81. The van der Waals surface area contributed by atoms with Crippen LogP contribution in [0.4, 0.5) is 0 Å². The summed E-state index contributed by atoms with van der Waals surface area (Å²) in [6.07, 6.45) is 32.4. The quantitative estimate of drug-likeness (QED) is 0.0195. The second-order valence-corrected chi connectivity index (χ2v) is 18.1. The third kappa shape index (κ3) is 30.5. The smallest absolute Gasteiger partial charge is 0.394 e. The van der Waals surface area contributed by atoms with E-state index in [4.69, 9.17) is 14.0 Å². The van der Waals surface area contributed by atoms with Gasteiger partial charge in [-0.25, -0.2) is 4.18 Å². The molecular weight excluding hydrogens is 775 g/mol. The monoisotopic (exact) mass is 864 g/mol. The zero-order valence-electron chi connectivity index (χ0n) is 37.3. The highest BCUT2D eigenvalue weighted by molar-refractivity contribution is 7.80.